The zero-order chi connectivity index (χ0) is 18.1. The Balaban J connectivity index is 1.56. The first-order valence-corrected chi connectivity index (χ1v) is 9.05. The summed E-state index contributed by atoms with van der Waals surface area (Å²) in [5.41, 5.74) is 2.37. The van der Waals surface area contributed by atoms with Crippen LogP contribution in [0.5, 0.6) is 0 Å². The Morgan fingerprint density at radius 1 is 1.04 bits per heavy atom. The third-order valence-corrected chi connectivity index (χ3v) is 5.41. The van der Waals surface area contributed by atoms with Crippen molar-refractivity contribution in [1.82, 2.24) is 9.88 Å². The molecular weight excluding hydrogens is 337 g/mol. The topological polar surface area (TPSA) is 16.1 Å². The third kappa shape index (κ3) is 3.54. The first-order valence-electron chi connectivity index (χ1n) is 9.05. The number of benzene rings is 1. The second-order valence-corrected chi connectivity index (χ2v) is 7.14. The molecule has 4 rings (SSSR count). The minimum Gasteiger partial charge on any atom is -0.289 e. The van der Waals surface area contributed by atoms with Gasteiger partial charge in [0.15, 0.2) is 0 Å². The van der Waals surface area contributed by atoms with Crippen LogP contribution in [0.1, 0.15) is 42.5 Å². The summed E-state index contributed by atoms with van der Waals surface area (Å²) in [5.74, 6) is 0. The second-order valence-electron chi connectivity index (χ2n) is 7.14. The van der Waals surface area contributed by atoms with E-state index in [1.54, 1.807) is 0 Å². The van der Waals surface area contributed by atoms with E-state index in [4.69, 9.17) is 0 Å². The van der Waals surface area contributed by atoms with Crippen molar-refractivity contribution in [2.45, 2.75) is 50.5 Å². The average molecular weight is 358 g/mol. The van der Waals surface area contributed by atoms with Crippen LogP contribution in [-0.4, -0.2) is 22.0 Å². The van der Waals surface area contributed by atoms with Gasteiger partial charge in [0, 0.05) is 24.8 Å². The molecule has 3 heterocycles. The number of hydrogen-bond acceptors (Lipinski definition) is 2. The molecule has 2 aliphatic heterocycles. The van der Waals surface area contributed by atoms with Gasteiger partial charge in [0.1, 0.15) is 0 Å². The van der Waals surface area contributed by atoms with Crippen molar-refractivity contribution in [2.75, 3.05) is 0 Å². The molecule has 136 valence electrons. The fourth-order valence-corrected chi connectivity index (χ4v) is 4.10. The molecule has 1 aromatic heterocycles. The number of fused-ring (bicyclic) bond motifs is 2. The predicted molar refractivity (Wildman–Crippen MR) is 95.2 cm³/mol. The summed E-state index contributed by atoms with van der Waals surface area (Å²) in [6.07, 6.45) is 3.09. The molecule has 1 saturated heterocycles. The number of pyridine rings is 1. The molecule has 2 unspecified atom stereocenters. The van der Waals surface area contributed by atoms with Gasteiger partial charge in [0.25, 0.3) is 0 Å². The monoisotopic (exact) mass is 358 g/mol. The van der Waals surface area contributed by atoms with Crippen LogP contribution in [-0.2, 0) is 12.7 Å². The lowest BCUT2D eigenvalue weighted by Gasteiger charge is -2.45. The minimum absolute atomic E-state index is 0.335. The van der Waals surface area contributed by atoms with E-state index in [0.717, 1.165) is 43.6 Å². The maximum Gasteiger partial charge on any atom is 0.417 e. The number of aromatic nitrogens is 1. The molecule has 0 radical (unpaired) electrons. The molecular formula is C21H21F3N2. The van der Waals surface area contributed by atoms with Gasteiger partial charge in [-0.2, -0.15) is 13.2 Å². The molecule has 1 fully saturated rings. The Bertz CT molecular complexity index is 781. The molecule has 0 amide bonds. The summed E-state index contributed by atoms with van der Waals surface area (Å²) in [5, 5.41) is 0. The van der Waals surface area contributed by atoms with Crippen LogP contribution in [0, 0.1) is 0 Å². The molecule has 0 aliphatic carbocycles. The zero-order valence-electron chi connectivity index (χ0n) is 14.4. The van der Waals surface area contributed by atoms with E-state index in [9.17, 15) is 13.2 Å². The highest BCUT2D eigenvalue weighted by Crippen LogP contribution is 2.38. The summed E-state index contributed by atoms with van der Waals surface area (Å²) in [4.78, 5) is 6.63. The van der Waals surface area contributed by atoms with Gasteiger partial charge < -0.3 is 0 Å². The quantitative estimate of drug-likeness (QED) is 0.739. The lowest BCUT2D eigenvalue weighted by molar-refractivity contribution is -0.137. The normalized spacial score (nSPS) is 23.6. The van der Waals surface area contributed by atoms with Gasteiger partial charge in [-0.25, -0.2) is 0 Å². The summed E-state index contributed by atoms with van der Waals surface area (Å²) in [6.45, 7) is 0.917. The van der Waals surface area contributed by atoms with Crippen molar-refractivity contribution in [2.24, 2.45) is 0 Å². The van der Waals surface area contributed by atoms with Crippen molar-refractivity contribution < 1.29 is 13.2 Å². The van der Waals surface area contributed by atoms with E-state index in [0.29, 0.717) is 17.8 Å². The fourth-order valence-electron chi connectivity index (χ4n) is 4.10. The van der Waals surface area contributed by atoms with Crippen molar-refractivity contribution in [3.63, 3.8) is 0 Å². The minimum atomic E-state index is -4.34. The first-order chi connectivity index (χ1) is 12.5. The van der Waals surface area contributed by atoms with Crippen LogP contribution < -0.4 is 0 Å². The van der Waals surface area contributed by atoms with Crippen molar-refractivity contribution in [3.8, 4) is 0 Å². The van der Waals surface area contributed by atoms with Crippen LogP contribution in [0.2, 0.25) is 0 Å². The van der Waals surface area contributed by atoms with E-state index in [1.807, 2.05) is 6.07 Å². The molecule has 26 heavy (non-hydrogen) atoms. The lowest BCUT2D eigenvalue weighted by atomic mass is 9.83. The molecule has 2 aromatic rings. The summed E-state index contributed by atoms with van der Waals surface area (Å²) < 4.78 is 38.2. The second kappa shape index (κ2) is 6.88. The number of hydrogen-bond donors (Lipinski definition) is 0. The third-order valence-electron chi connectivity index (χ3n) is 5.41. The predicted octanol–water partition coefficient (Wildman–Crippen LogP) is 5.31. The Morgan fingerprint density at radius 3 is 2.50 bits per heavy atom. The van der Waals surface area contributed by atoms with Gasteiger partial charge in [-0.05, 0) is 42.5 Å². The molecule has 5 heteroatoms. The van der Waals surface area contributed by atoms with Crippen molar-refractivity contribution >= 4 is 5.57 Å². The lowest BCUT2D eigenvalue weighted by Crippen LogP contribution is -2.47. The van der Waals surface area contributed by atoms with Crippen molar-refractivity contribution in [1.29, 1.82) is 0 Å². The number of rotatable bonds is 3. The highest BCUT2D eigenvalue weighted by Gasteiger charge is 2.35. The Hall–Kier alpha value is -2.14. The van der Waals surface area contributed by atoms with Crippen LogP contribution in [0.25, 0.3) is 5.57 Å². The molecule has 0 N–H and O–H groups in total. The standard InChI is InChI=1S/C21H21F3N2/c22-21(23,24)17-9-10-20(25-13-17)16-11-18-7-4-8-19(12-16)26(18)14-15-5-2-1-3-6-15/h1-3,5-6,9-11,13,18-19H,4,7-8,12,14H2. The molecule has 1 aromatic carbocycles. The highest BCUT2D eigenvalue weighted by molar-refractivity contribution is 5.65. The Labute approximate surface area is 151 Å². The van der Waals surface area contributed by atoms with Crippen LogP contribution >= 0.6 is 0 Å². The zero-order valence-corrected chi connectivity index (χ0v) is 14.4. The van der Waals surface area contributed by atoms with Crippen molar-refractivity contribution in [3.05, 3.63) is 71.6 Å². The van der Waals surface area contributed by atoms with E-state index in [1.165, 1.54) is 18.1 Å². The van der Waals surface area contributed by atoms with Gasteiger partial charge in [0.2, 0.25) is 0 Å². The average Bonchev–Trinajstić information content (AvgIpc) is 2.62. The molecule has 0 spiro atoms. The number of alkyl halides is 3. The van der Waals surface area contributed by atoms with Gasteiger partial charge in [0.05, 0.1) is 11.3 Å². The van der Waals surface area contributed by atoms with Crippen LogP contribution in [0.15, 0.2) is 54.7 Å². The maximum absolute atomic E-state index is 12.7. The Kier molecular flexibility index (Phi) is 4.57. The first kappa shape index (κ1) is 17.3. The largest absolute Gasteiger partial charge is 0.417 e. The summed E-state index contributed by atoms with van der Waals surface area (Å²) >= 11 is 0. The SMILES string of the molecule is FC(F)(F)c1ccc(C2=CC3CCCC(C2)N3Cc2ccccc2)nc1. The van der Waals surface area contributed by atoms with Gasteiger partial charge >= 0.3 is 6.18 Å². The number of halogens is 3. The molecule has 2 aliphatic rings. The molecule has 2 nitrogen and oxygen atoms in total. The maximum atomic E-state index is 12.7. The van der Waals surface area contributed by atoms with Gasteiger partial charge in [-0.15, -0.1) is 0 Å². The van der Waals surface area contributed by atoms with E-state index in [2.05, 4.69) is 40.2 Å². The number of piperidine rings is 1. The van der Waals surface area contributed by atoms with E-state index in [-0.39, 0.29) is 0 Å². The molecule has 2 bridgehead atoms. The van der Waals surface area contributed by atoms with E-state index < -0.39 is 11.7 Å². The van der Waals surface area contributed by atoms with Gasteiger partial charge in [-0.1, -0.05) is 42.8 Å². The summed E-state index contributed by atoms with van der Waals surface area (Å²) in [7, 11) is 0. The smallest absolute Gasteiger partial charge is 0.289 e. The van der Waals surface area contributed by atoms with E-state index >= 15 is 0 Å². The summed E-state index contributed by atoms with van der Waals surface area (Å²) in [6, 6.07) is 13.8. The number of nitrogens with zero attached hydrogens (tertiary/aromatic N) is 2. The van der Waals surface area contributed by atoms with Gasteiger partial charge in [-0.3, -0.25) is 9.88 Å². The van der Waals surface area contributed by atoms with Crippen LogP contribution in [0.3, 0.4) is 0 Å². The molecule has 2 atom stereocenters. The Morgan fingerprint density at radius 2 is 1.85 bits per heavy atom. The highest BCUT2D eigenvalue weighted by atomic mass is 19.4. The molecule has 0 saturated carbocycles. The van der Waals surface area contributed by atoms with Crippen LogP contribution in [0.4, 0.5) is 13.2 Å². The fraction of sp³-hybridized carbons (Fsp3) is 0.381.